The van der Waals surface area contributed by atoms with Crippen molar-refractivity contribution in [1.29, 1.82) is 0 Å². The Labute approximate surface area is 192 Å². The van der Waals surface area contributed by atoms with Crippen molar-refractivity contribution in [2.24, 2.45) is 0 Å². The van der Waals surface area contributed by atoms with Crippen LogP contribution >= 0.6 is 0 Å². The van der Waals surface area contributed by atoms with E-state index < -0.39 is 0 Å². The van der Waals surface area contributed by atoms with E-state index in [1.165, 1.54) is 28.1 Å². The Balaban J connectivity index is 1.69. The van der Waals surface area contributed by atoms with Crippen LogP contribution in [0.2, 0.25) is 0 Å². The molecule has 0 saturated carbocycles. The van der Waals surface area contributed by atoms with Gasteiger partial charge in [0.2, 0.25) is 0 Å². The lowest BCUT2D eigenvalue weighted by atomic mass is 9.69. The summed E-state index contributed by atoms with van der Waals surface area (Å²) in [6.45, 7) is 15.2. The average Bonchev–Trinajstić information content (AvgIpc) is 2.96. The minimum absolute atomic E-state index is 0.151. The monoisotopic (exact) mass is 425 g/mol. The first kappa shape index (κ1) is 21.3. The zero-order valence-corrected chi connectivity index (χ0v) is 20.2. The highest BCUT2D eigenvalue weighted by Crippen LogP contribution is 2.51. The van der Waals surface area contributed by atoms with Gasteiger partial charge in [0, 0.05) is 11.1 Å². The van der Waals surface area contributed by atoms with Gasteiger partial charge in [-0.2, -0.15) is 0 Å². The van der Waals surface area contributed by atoms with Crippen LogP contribution in [-0.4, -0.2) is 18.3 Å². The van der Waals surface area contributed by atoms with Crippen molar-refractivity contribution in [3.05, 3.63) is 83.4 Å². The van der Waals surface area contributed by atoms with Crippen molar-refractivity contribution in [2.45, 2.75) is 65.1 Å². The van der Waals surface area contributed by atoms with Crippen LogP contribution in [0.25, 0.3) is 0 Å². The van der Waals surface area contributed by atoms with Gasteiger partial charge in [-0.05, 0) is 75.5 Å². The lowest BCUT2D eigenvalue weighted by Crippen LogP contribution is -2.41. The molecule has 1 fully saturated rings. The van der Waals surface area contributed by atoms with Gasteiger partial charge in [0.1, 0.15) is 0 Å². The number of aryl methyl sites for hydroxylation is 1. The quantitative estimate of drug-likeness (QED) is 0.443. The molecule has 2 heterocycles. The second-order valence-corrected chi connectivity index (χ2v) is 10.7. The third-order valence-electron chi connectivity index (χ3n) is 7.54. The summed E-state index contributed by atoms with van der Waals surface area (Å²) in [5, 5.41) is 0. The van der Waals surface area contributed by atoms with Crippen LogP contribution in [0.5, 0.6) is 0 Å². The molecule has 5 rings (SSSR count). The zero-order valence-electron chi connectivity index (χ0n) is 20.2. The fourth-order valence-corrected chi connectivity index (χ4v) is 4.85. The minimum atomic E-state index is -0.370. The van der Waals surface area contributed by atoms with Crippen LogP contribution in [0, 0.1) is 6.92 Å². The maximum absolute atomic E-state index is 6.37. The third-order valence-corrected chi connectivity index (χ3v) is 7.54. The van der Waals surface area contributed by atoms with E-state index in [4.69, 9.17) is 9.31 Å². The molecule has 0 radical (unpaired) electrons. The predicted octanol–water partition coefficient (Wildman–Crippen LogP) is 6.40. The predicted molar refractivity (Wildman–Crippen MR) is 134 cm³/mol. The van der Waals surface area contributed by atoms with E-state index in [0.717, 1.165) is 11.2 Å². The molecular formula is C28H32BNO2. The third kappa shape index (κ3) is 3.12. The molecule has 0 spiro atoms. The van der Waals surface area contributed by atoms with Gasteiger partial charge in [0.25, 0.3) is 0 Å². The number of hydrogen-bond donors (Lipinski definition) is 0. The maximum atomic E-state index is 6.37. The van der Waals surface area contributed by atoms with Crippen molar-refractivity contribution < 1.29 is 9.31 Å². The molecule has 1 saturated heterocycles. The Hall–Kier alpha value is -2.56. The lowest BCUT2D eigenvalue weighted by Gasteiger charge is -2.42. The average molecular weight is 425 g/mol. The summed E-state index contributed by atoms with van der Waals surface area (Å²) in [5.41, 5.74) is 7.70. The normalized spacial score (nSPS) is 20.1. The molecule has 0 N–H and O–H groups in total. The van der Waals surface area contributed by atoms with Crippen LogP contribution < -0.4 is 10.4 Å². The van der Waals surface area contributed by atoms with Gasteiger partial charge in [-0.1, -0.05) is 61.9 Å². The summed E-state index contributed by atoms with van der Waals surface area (Å²) >= 11 is 0. The molecule has 3 nitrogen and oxygen atoms in total. The second kappa shape index (κ2) is 6.97. The highest BCUT2D eigenvalue weighted by atomic mass is 16.7. The van der Waals surface area contributed by atoms with Crippen molar-refractivity contribution in [3.63, 3.8) is 0 Å². The fourth-order valence-electron chi connectivity index (χ4n) is 4.85. The standard InChI is InChI=1S/C28H32BNO2/c1-19-13-15-24-22(17-19)26(2,3)23-18-20(29-31-27(4,5)28(6,7)32-29)14-16-25(23)30(24)21-11-9-8-10-12-21/h8-18H,1-7H3. The van der Waals surface area contributed by atoms with Crippen molar-refractivity contribution >= 4 is 29.6 Å². The molecule has 2 aliphatic heterocycles. The Kier molecular flexibility index (Phi) is 4.64. The van der Waals surface area contributed by atoms with Gasteiger partial charge in [-0.25, -0.2) is 0 Å². The molecule has 0 amide bonds. The van der Waals surface area contributed by atoms with E-state index >= 15 is 0 Å². The number of fused-ring (bicyclic) bond motifs is 2. The van der Waals surface area contributed by atoms with Crippen LogP contribution in [-0.2, 0) is 14.7 Å². The lowest BCUT2D eigenvalue weighted by molar-refractivity contribution is 0.00578. The summed E-state index contributed by atoms with van der Waals surface area (Å²) in [7, 11) is -0.370. The first-order valence-electron chi connectivity index (χ1n) is 11.5. The first-order valence-corrected chi connectivity index (χ1v) is 11.5. The number of anilines is 3. The van der Waals surface area contributed by atoms with Crippen LogP contribution in [0.4, 0.5) is 17.1 Å². The maximum Gasteiger partial charge on any atom is 0.494 e. The summed E-state index contributed by atoms with van der Waals surface area (Å²) in [4.78, 5) is 2.38. The molecule has 3 aromatic carbocycles. The topological polar surface area (TPSA) is 21.7 Å². The van der Waals surface area contributed by atoms with Gasteiger partial charge in [0.05, 0.1) is 22.6 Å². The van der Waals surface area contributed by atoms with E-state index in [-0.39, 0.29) is 23.7 Å². The number of para-hydroxylation sites is 1. The van der Waals surface area contributed by atoms with Gasteiger partial charge in [-0.15, -0.1) is 0 Å². The number of benzene rings is 3. The summed E-state index contributed by atoms with van der Waals surface area (Å²) in [5.74, 6) is 0. The number of rotatable bonds is 2. The molecule has 0 unspecified atom stereocenters. The first-order chi connectivity index (χ1) is 15.0. The molecule has 0 aliphatic carbocycles. The van der Waals surface area contributed by atoms with Crippen molar-refractivity contribution in [3.8, 4) is 0 Å². The number of nitrogens with zero attached hydrogens (tertiary/aromatic N) is 1. The van der Waals surface area contributed by atoms with Crippen LogP contribution in [0.15, 0.2) is 66.7 Å². The smallest absolute Gasteiger partial charge is 0.399 e. The number of hydrogen-bond acceptors (Lipinski definition) is 3. The second-order valence-electron chi connectivity index (χ2n) is 10.7. The van der Waals surface area contributed by atoms with Crippen molar-refractivity contribution in [2.75, 3.05) is 4.90 Å². The van der Waals surface area contributed by atoms with E-state index in [1.54, 1.807) is 0 Å². The SMILES string of the molecule is Cc1ccc2c(c1)C(C)(C)c1cc(B3OC(C)(C)C(C)(C)O3)ccc1N2c1ccccc1. The Morgan fingerprint density at radius 1 is 0.688 bits per heavy atom. The molecule has 32 heavy (non-hydrogen) atoms. The fraction of sp³-hybridized carbons (Fsp3) is 0.357. The van der Waals surface area contributed by atoms with Gasteiger partial charge < -0.3 is 14.2 Å². The summed E-state index contributed by atoms with van der Waals surface area (Å²) in [6.07, 6.45) is 0. The van der Waals surface area contributed by atoms with Gasteiger partial charge in [-0.3, -0.25) is 0 Å². The molecule has 2 aliphatic rings. The largest absolute Gasteiger partial charge is 0.494 e. The Bertz CT molecular complexity index is 1170. The minimum Gasteiger partial charge on any atom is -0.399 e. The zero-order chi connectivity index (χ0) is 22.9. The van der Waals surface area contributed by atoms with Gasteiger partial charge >= 0.3 is 7.12 Å². The van der Waals surface area contributed by atoms with E-state index in [9.17, 15) is 0 Å². The molecule has 3 aromatic rings. The molecule has 0 atom stereocenters. The highest BCUT2D eigenvalue weighted by Gasteiger charge is 2.52. The van der Waals surface area contributed by atoms with E-state index in [2.05, 4.69) is 120 Å². The van der Waals surface area contributed by atoms with E-state index in [1.807, 2.05) is 0 Å². The Morgan fingerprint density at radius 2 is 1.25 bits per heavy atom. The summed E-state index contributed by atoms with van der Waals surface area (Å²) < 4.78 is 12.7. The van der Waals surface area contributed by atoms with Crippen LogP contribution in [0.1, 0.15) is 58.2 Å². The van der Waals surface area contributed by atoms with Gasteiger partial charge in [0.15, 0.2) is 0 Å². The van der Waals surface area contributed by atoms with Crippen LogP contribution in [0.3, 0.4) is 0 Å². The highest BCUT2D eigenvalue weighted by molar-refractivity contribution is 6.62. The summed E-state index contributed by atoms with van der Waals surface area (Å²) in [6, 6.07) is 24.1. The molecule has 0 aromatic heterocycles. The van der Waals surface area contributed by atoms with E-state index in [0.29, 0.717) is 0 Å². The molecule has 164 valence electrons. The molecule has 4 heteroatoms. The molecule has 0 bridgehead atoms. The molecular weight excluding hydrogens is 393 g/mol. The van der Waals surface area contributed by atoms with Crippen molar-refractivity contribution in [1.82, 2.24) is 0 Å². The Morgan fingerprint density at radius 3 is 1.88 bits per heavy atom.